The first kappa shape index (κ1) is 20.6. The summed E-state index contributed by atoms with van der Waals surface area (Å²) < 4.78 is 33.7. The van der Waals surface area contributed by atoms with E-state index in [-0.39, 0.29) is 39.1 Å². The van der Waals surface area contributed by atoms with Gasteiger partial charge in [0.05, 0.1) is 33.7 Å². The third kappa shape index (κ3) is 4.34. The molecule has 0 saturated heterocycles. The lowest BCUT2D eigenvalue weighted by Gasteiger charge is -2.14. The number of sulfonamides is 1. The summed E-state index contributed by atoms with van der Waals surface area (Å²) in [7, 11) is -2.03. The van der Waals surface area contributed by atoms with Gasteiger partial charge in [0.1, 0.15) is 17.4 Å². The third-order valence-corrected chi connectivity index (χ3v) is 5.84. The van der Waals surface area contributed by atoms with E-state index in [1.54, 1.807) is 26.1 Å². The zero-order valence-corrected chi connectivity index (χ0v) is 17.2. The molecule has 0 spiro atoms. The number of rotatable bonds is 6. The molecule has 0 fully saturated rings. The molecule has 0 radical (unpaired) electrons. The molecule has 3 aromatic rings. The van der Waals surface area contributed by atoms with Gasteiger partial charge < -0.3 is 9.30 Å². The van der Waals surface area contributed by atoms with Crippen LogP contribution in [0.15, 0.2) is 41.5 Å². The van der Waals surface area contributed by atoms with Gasteiger partial charge in [-0.25, -0.2) is 13.4 Å². The Morgan fingerprint density at radius 2 is 2.07 bits per heavy atom. The molecule has 0 bridgehead atoms. The van der Waals surface area contributed by atoms with Crippen molar-refractivity contribution in [3.63, 3.8) is 0 Å². The smallest absolute Gasteiger partial charge is 0.261 e. The highest BCUT2D eigenvalue weighted by molar-refractivity contribution is 7.92. The molecule has 3 rings (SSSR count). The van der Waals surface area contributed by atoms with E-state index in [2.05, 4.69) is 9.71 Å². The minimum absolute atomic E-state index is 0.00840. The summed E-state index contributed by atoms with van der Waals surface area (Å²) in [6.07, 6.45) is 1.84. The monoisotopic (exact) mass is 432 g/mol. The number of ether oxygens (including phenoxy) is 1. The van der Waals surface area contributed by atoms with Crippen LogP contribution in [0.5, 0.6) is 11.5 Å². The molecule has 2 aromatic carbocycles. The summed E-state index contributed by atoms with van der Waals surface area (Å²) in [5.74, 6) is 0.165. The minimum Gasteiger partial charge on any atom is -0.454 e. The highest BCUT2D eigenvalue weighted by Crippen LogP contribution is 2.37. The summed E-state index contributed by atoms with van der Waals surface area (Å²) >= 11 is 6.21. The molecule has 10 heteroatoms. The van der Waals surface area contributed by atoms with Gasteiger partial charge in [-0.1, -0.05) is 18.5 Å². The number of benzene rings is 2. The number of aryl methyl sites for hydroxylation is 1. The topological polar surface area (TPSA) is 114 Å². The van der Waals surface area contributed by atoms with Crippen molar-refractivity contribution in [3.05, 3.63) is 57.6 Å². The SMILES string of the molecule is CCCS(=O)(=O)Nc1ccc(Cl)c(Oc2ccc3ncn(C)c(=O)c3c2)c1C#N. The zero-order chi connectivity index (χ0) is 21.2. The second-order valence-electron chi connectivity index (χ2n) is 6.27. The van der Waals surface area contributed by atoms with Gasteiger partial charge in [-0.05, 0) is 36.8 Å². The number of halogens is 1. The van der Waals surface area contributed by atoms with Crippen LogP contribution in [-0.4, -0.2) is 23.7 Å². The number of nitrogens with zero attached hydrogens (tertiary/aromatic N) is 3. The van der Waals surface area contributed by atoms with Crippen molar-refractivity contribution in [2.45, 2.75) is 13.3 Å². The van der Waals surface area contributed by atoms with E-state index in [0.717, 1.165) is 0 Å². The normalized spacial score (nSPS) is 11.2. The van der Waals surface area contributed by atoms with E-state index in [0.29, 0.717) is 17.3 Å². The molecule has 0 unspecified atom stereocenters. The molecule has 1 N–H and O–H groups in total. The second-order valence-corrected chi connectivity index (χ2v) is 8.52. The molecule has 1 heterocycles. The van der Waals surface area contributed by atoms with Gasteiger partial charge in [0, 0.05) is 7.05 Å². The molecule has 0 aliphatic rings. The molecule has 0 atom stereocenters. The van der Waals surface area contributed by atoms with Gasteiger partial charge in [-0.15, -0.1) is 0 Å². The number of anilines is 1. The van der Waals surface area contributed by atoms with E-state index >= 15 is 0 Å². The number of hydrogen-bond acceptors (Lipinski definition) is 6. The summed E-state index contributed by atoms with van der Waals surface area (Å²) in [6, 6.07) is 9.46. The van der Waals surface area contributed by atoms with Gasteiger partial charge in [0.2, 0.25) is 10.0 Å². The van der Waals surface area contributed by atoms with Gasteiger partial charge in [-0.2, -0.15) is 5.26 Å². The van der Waals surface area contributed by atoms with Crippen molar-refractivity contribution in [1.82, 2.24) is 9.55 Å². The quantitative estimate of drug-likeness (QED) is 0.638. The molecule has 29 heavy (non-hydrogen) atoms. The number of hydrogen-bond donors (Lipinski definition) is 1. The maximum Gasteiger partial charge on any atom is 0.261 e. The number of aromatic nitrogens is 2. The largest absolute Gasteiger partial charge is 0.454 e. The highest BCUT2D eigenvalue weighted by Gasteiger charge is 2.19. The lowest BCUT2D eigenvalue weighted by molar-refractivity contribution is 0.482. The van der Waals surface area contributed by atoms with Gasteiger partial charge in [-0.3, -0.25) is 9.52 Å². The number of fused-ring (bicyclic) bond motifs is 1. The maximum atomic E-state index is 12.3. The first-order chi connectivity index (χ1) is 13.8. The molecular formula is C19H17ClN4O4S. The average Bonchev–Trinajstić information content (AvgIpc) is 2.67. The van der Waals surface area contributed by atoms with Crippen molar-refractivity contribution >= 4 is 38.2 Å². The third-order valence-electron chi connectivity index (χ3n) is 4.07. The van der Waals surface area contributed by atoms with Crippen LogP contribution in [0.25, 0.3) is 10.9 Å². The molecule has 8 nitrogen and oxygen atoms in total. The predicted octanol–water partition coefficient (Wildman–Crippen LogP) is 3.40. The fourth-order valence-electron chi connectivity index (χ4n) is 2.71. The first-order valence-corrected chi connectivity index (χ1v) is 10.6. The fourth-order valence-corrected chi connectivity index (χ4v) is 4.05. The van der Waals surface area contributed by atoms with Gasteiger partial charge >= 0.3 is 0 Å². The molecule has 0 aliphatic heterocycles. The minimum atomic E-state index is -3.61. The summed E-state index contributed by atoms with van der Waals surface area (Å²) in [5.41, 5.74) is 0.247. The van der Waals surface area contributed by atoms with Crippen LogP contribution >= 0.6 is 11.6 Å². The lowest BCUT2D eigenvalue weighted by Crippen LogP contribution is -2.17. The molecule has 150 valence electrons. The van der Waals surface area contributed by atoms with E-state index in [1.807, 2.05) is 6.07 Å². The van der Waals surface area contributed by atoms with Crippen LogP contribution in [-0.2, 0) is 17.1 Å². The number of nitriles is 1. The zero-order valence-electron chi connectivity index (χ0n) is 15.6. The Labute approximate surface area is 172 Å². The molecule has 0 amide bonds. The summed E-state index contributed by atoms with van der Waals surface area (Å²) in [4.78, 5) is 16.5. The van der Waals surface area contributed by atoms with E-state index < -0.39 is 10.0 Å². The average molecular weight is 433 g/mol. The Bertz CT molecular complexity index is 1300. The molecule has 0 saturated carbocycles. The van der Waals surface area contributed by atoms with Crippen LogP contribution < -0.4 is 15.0 Å². The van der Waals surface area contributed by atoms with E-state index in [4.69, 9.17) is 16.3 Å². The summed E-state index contributed by atoms with van der Waals surface area (Å²) in [6.45, 7) is 1.74. The van der Waals surface area contributed by atoms with E-state index in [1.165, 1.54) is 29.1 Å². The molecule has 0 aliphatic carbocycles. The van der Waals surface area contributed by atoms with Crippen LogP contribution in [0.3, 0.4) is 0 Å². The Balaban J connectivity index is 2.06. The Morgan fingerprint density at radius 1 is 1.31 bits per heavy atom. The second kappa shape index (κ2) is 8.11. The van der Waals surface area contributed by atoms with Crippen molar-refractivity contribution < 1.29 is 13.2 Å². The van der Waals surface area contributed by atoms with Crippen LogP contribution in [0.4, 0.5) is 5.69 Å². The van der Waals surface area contributed by atoms with Gasteiger partial charge in [0.25, 0.3) is 5.56 Å². The highest BCUT2D eigenvalue weighted by atomic mass is 35.5. The molecule has 1 aromatic heterocycles. The van der Waals surface area contributed by atoms with Crippen LogP contribution in [0.2, 0.25) is 5.02 Å². The van der Waals surface area contributed by atoms with Crippen LogP contribution in [0.1, 0.15) is 18.9 Å². The Morgan fingerprint density at radius 3 is 2.76 bits per heavy atom. The Kier molecular flexibility index (Phi) is 5.77. The van der Waals surface area contributed by atoms with E-state index in [9.17, 15) is 18.5 Å². The van der Waals surface area contributed by atoms with Crippen molar-refractivity contribution in [1.29, 1.82) is 5.26 Å². The summed E-state index contributed by atoms with van der Waals surface area (Å²) in [5, 5.41) is 10.1. The first-order valence-electron chi connectivity index (χ1n) is 8.62. The number of nitrogens with one attached hydrogen (secondary N) is 1. The van der Waals surface area contributed by atoms with Crippen molar-refractivity contribution in [3.8, 4) is 17.6 Å². The van der Waals surface area contributed by atoms with Crippen LogP contribution in [0, 0.1) is 11.3 Å². The molecular weight excluding hydrogens is 416 g/mol. The maximum absolute atomic E-state index is 12.3. The van der Waals surface area contributed by atoms with Crippen molar-refractivity contribution in [2.24, 2.45) is 7.05 Å². The lowest BCUT2D eigenvalue weighted by atomic mass is 10.1. The standard InChI is InChI=1S/C19H17ClN4O4S/c1-3-8-29(26,27)23-17-7-5-15(20)18(14(17)10-21)28-12-4-6-16-13(9-12)19(25)24(2)11-22-16/h4-7,9,11,23H,3,8H2,1-2H3. The Hall–Kier alpha value is -3.09. The fraction of sp³-hybridized carbons (Fsp3) is 0.211. The van der Waals surface area contributed by atoms with Crippen molar-refractivity contribution in [2.75, 3.05) is 10.5 Å². The van der Waals surface area contributed by atoms with Gasteiger partial charge in [0.15, 0.2) is 5.75 Å². The predicted molar refractivity (Wildman–Crippen MR) is 111 cm³/mol.